The Labute approximate surface area is 120 Å². The number of hydrogen-bond donors (Lipinski definition) is 2. The lowest BCUT2D eigenvalue weighted by molar-refractivity contribution is 0.145. The van der Waals surface area contributed by atoms with Crippen LogP contribution in [-0.4, -0.2) is 17.3 Å². The van der Waals surface area contributed by atoms with Gasteiger partial charge in [0.1, 0.15) is 0 Å². The summed E-state index contributed by atoms with van der Waals surface area (Å²) >= 11 is 0. The Morgan fingerprint density at radius 2 is 1.40 bits per heavy atom. The van der Waals surface area contributed by atoms with Crippen LogP contribution in [0.2, 0.25) is 0 Å². The summed E-state index contributed by atoms with van der Waals surface area (Å²) in [6.07, 6.45) is 2.85. The van der Waals surface area contributed by atoms with Crippen molar-refractivity contribution in [3.63, 3.8) is 0 Å². The smallest absolute Gasteiger partial charge is 0.0693 e. The summed E-state index contributed by atoms with van der Waals surface area (Å²) in [6, 6.07) is 21.3. The third-order valence-corrected chi connectivity index (χ3v) is 4.13. The Morgan fingerprint density at radius 1 is 0.850 bits per heavy atom. The van der Waals surface area contributed by atoms with Gasteiger partial charge >= 0.3 is 0 Å². The molecule has 2 aromatic rings. The van der Waals surface area contributed by atoms with E-state index in [-0.39, 0.29) is 18.2 Å². The zero-order valence-corrected chi connectivity index (χ0v) is 11.6. The minimum absolute atomic E-state index is 0.148. The molecule has 0 aromatic heterocycles. The van der Waals surface area contributed by atoms with E-state index in [1.165, 1.54) is 11.1 Å². The molecule has 1 aliphatic carbocycles. The van der Waals surface area contributed by atoms with E-state index in [0.717, 1.165) is 19.3 Å². The molecule has 2 N–H and O–H groups in total. The number of nitrogens with one attached hydrogen (secondary N) is 1. The summed E-state index contributed by atoms with van der Waals surface area (Å²) in [4.78, 5) is 0. The van der Waals surface area contributed by atoms with E-state index in [1.54, 1.807) is 0 Å². The normalized spacial score (nSPS) is 22.3. The maximum atomic E-state index is 10.1. The summed E-state index contributed by atoms with van der Waals surface area (Å²) in [5.74, 6) is 0. The molecule has 0 aliphatic heterocycles. The SMILES string of the molecule is O[C@H]1CCC[C@@H]1NC(c1ccccc1)c1ccccc1. The average molecular weight is 267 g/mol. The van der Waals surface area contributed by atoms with Crippen molar-refractivity contribution in [3.05, 3.63) is 71.8 Å². The van der Waals surface area contributed by atoms with Gasteiger partial charge in [0.25, 0.3) is 0 Å². The van der Waals surface area contributed by atoms with E-state index in [0.29, 0.717) is 0 Å². The van der Waals surface area contributed by atoms with Crippen LogP contribution in [0.3, 0.4) is 0 Å². The Morgan fingerprint density at radius 3 is 1.85 bits per heavy atom. The molecule has 1 fully saturated rings. The highest BCUT2D eigenvalue weighted by molar-refractivity contribution is 5.31. The topological polar surface area (TPSA) is 32.3 Å². The number of aliphatic hydroxyl groups excluding tert-OH is 1. The van der Waals surface area contributed by atoms with Crippen LogP contribution in [0, 0.1) is 0 Å². The van der Waals surface area contributed by atoms with Gasteiger partial charge in [-0.1, -0.05) is 60.7 Å². The molecule has 1 aliphatic rings. The van der Waals surface area contributed by atoms with Gasteiger partial charge in [0.05, 0.1) is 12.1 Å². The molecule has 2 aromatic carbocycles. The summed E-state index contributed by atoms with van der Waals surface area (Å²) in [5.41, 5.74) is 2.50. The number of rotatable bonds is 4. The lowest BCUT2D eigenvalue weighted by Crippen LogP contribution is -2.38. The highest BCUT2D eigenvalue weighted by Crippen LogP contribution is 2.27. The molecule has 2 heteroatoms. The van der Waals surface area contributed by atoms with Gasteiger partial charge in [-0.2, -0.15) is 0 Å². The first-order valence-electron chi connectivity index (χ1n) is 7.38. The Hall–Kier alpha value is -1.64. The van der Waals surface area contributed by atoms with E-state index >= 15 is 0 Å². The molecule has 1 saturated carbocycles. The van der Waals surface area contributed by atoms with Crippen molar-refractivity contribution in [2.45, 2.75) is 37.5 Å². The molecular weight excluding hydrogens is 246 g/mol. The van der Waals surface area contributed by atoms with Crippen molar-refractivity contribution in [2.24, 2.45) is 0 Å². The van der Waals surface area contributed by atoms with Crippen LogP contribution in [0.5, 0.6) is 0 Å². The van der Waals surface area contributed by atoms with Crippen molar-refractivity contribution in [1.29, 1.82) is 0 Å². The first-order chi connectivity index (χ1) is 9.84. The molecule has 104 valence electrons. The molecular formula is C18H21NO. The van der Waals surface area contributed by atoms with E-state index in [2.05, 4.69) is 53.8 Å². The predicted octanol–water partition coefficient (Wildman–Crippen LogP) is 3.28. The molecule has 0 heterocycles. The van der Waals surface area contributed by atoms with Crippen molar-refractivity contribution in [1.82, 2.24) is 5.32 Å². The standard InChI is InChI=1S/C18H21NO/c20-17-13-7-12-16(17)19-18(14-8-3-1-4-9-14)15-10-5-2-6-11-15/h1-6,8-11,16-20H,7,12-13H2/t16-,17-/m0/s1. The summed E-state index contributed by atoms with van der Waals surface area (Å²) in [6.45, 7) is 0. The van der Waals surface area contributed by atoms with Crippen molar-refractivity contribution >= 4 is 0 Å². The van der Waals surface area contributed by atoms with Crippen LogP contribution < -0.4 is 5.32 Å². The molecule has 0 amide bonds. The van der Waals surface area contributed by atoms with E-state index < -0.39 is 0 Å². The van der Waals surface area contributed by atoms with Crippen LogP contribution in [0.15, 0.2) is 60.7 Å². The highest BCUT2D eigenvalue weighted by atomic mass is 16.3. The van der Waals surface area contributed by atoms with E-state index in [4.69, 9.17) is 0 Å². The third-order valence-electron chi connectivity index (χ3n) is 4.13. The van der Waals surface area contributed by atoms with Crippen molar-refractivity contribution < 1.29 is 5.11 Å². The van der Waals surface area contributed by atoms with Gasteiger partial charge in [0.2, 0.25) is 0 Å². The number of aliphatic hydroxyl groups is 1. The molecule has 3 rings (SSSR count). The second-order valence-electron chi connectivity index (χ2n) is 5.53. The fourth-order valence-corrected chi connectivity index (χ4v) is 3.02. The minimum Gasteiger partial charge on any atom is -0.392 e. The quantitative estimate of drug-likeness (QED) is 0.891. The lowest BCUT2D eigenvalue weighted by Gasteiger charge is -2.26. The minimum atomic E-state index is -0.218. The van der Waals surface area contributed by atoms with Crippen molar-refractivity contribution in [2.75, 3.05) is 0 Å². The van der Waals surface area contributed by atoms with Crippen LogP contribution in [-0.2, 0) is 0 Å². The third kappa shape index (κ3) is 2.92. The number of benzene rings is 2. The first-order valence-corrected chi connectivity index (χ1v) is 7.38. The zero-order chi connectivity index (χ0) is 13.8. The second kappa shape index (κ2) is 6.21. The Bertz CT molecular complexity index is 486. The fraction of sp³-hybridized carbons (Fsp3) is 0.333. The van der Waals surface area contributed by atoms with Gasteiger partial charge in [0.15, 0.2) is 0 Å². The van der Waals surface area contributed by atoms with Crippen LogP contribution in [0.25, 0.3) is 0 Å². The van der Waals surface area contributed by atoms with Gasteiger partial charge in [-0.3, -0.25) is 0 Å². The van der Waals surface area contributed by atoms with Crippen LogP contribution in [0.1, 0.15) is 36.4 Å². The maximum Gasteiger partial charge on any atom is 0.0693 e. The molecule has 0 unspecified atom stereocenters. The highest BCUT2D eigenvalue weighted by Gasteiger charge is 2.28. The molecule has 0 spiro atoms. The molecule has 0 saturated heterocycles. The Balaban J connectivity index is 1.88. The van der Waals surface area contributed by atoms with Crippen LogP contribution in [0.4, 0.5) is 0 Å². The van der Waals surface area contributed by atoms with E-state index in [9.17, 15) is 5.11 Å². The van der Waals surface area contributed by atoms with Gasteiger partial charge in [-0.25, -0.2) is 0 Å². The van der Waals surface area contributed by atoms with Gasteiger partial charge in [-0.05, 0) is 30.4 Å². The largest absolute Gasteiger partial charge is 0.392 e. The summed E-state index contributed by atoms with van der Waals surface area (Å²) in [5, 5.41) is 13.7. The molecule has 2 atom stereocenters. The maximum absolute atomic E-state index is 10.1. The van der Waals surface area contributed by atoms with Crippen LogP contribution >= 0.6 is 0 Å². The molecule has 0 bridgehead atoms. The monoisotopic (exact) mass is 267 g/mol. The first kappa shape index (κ1) is 13.3. The Kier molecular flexibility index (Phi) is 4.14. The van der Waals surface area contributed by atoms with Gasteiger partial charge in [-0.15, -0.1) is 0 Å². The van der Waals surface area contributed by atoms with Crippen molar-refractivity contribution in [3.8, 4) is 0 Å². The second-order valence-corrected chi connectivity index (χ2v) is 5.53. The van der Waals surface area contributed by atoms with Gasteiger partial charge in [0, 0.05) is 6.04 Å². The zero-order valence-electron chi connectivity index (χ0n) is 11.6. The van der Waals surface area contributed by atoms with Gasteiger partial charge < -0.3 is 10.4 Å². The molecule has 2 nitrogen and oxygen atoms in total. The predicted molar refractivity (Wildman–Crippen MR) is 81.5 cm³/mol. The van der Waals surface area contributed by atoms with E-state index in [1.807, 2.05) is 12.1 Å². The molecule has 20 heavy (non-hydrogen) atoms. The lowest BCUT2D eigenvalue weighted by atomic mass is 9.97. The molecule has 0 radical (unpaired) electrons. The summed E-state index contributed by atoms with van der Waals surface area (Å²) < 4.78 is 0. The average Bonchev–Trinajstić information content (AvgIpc) is 2.92. The fourth-order valence-electron chi connectivity index (χ4n) is 3.02. The number of hydrogen-bond acceptors (Lipinski definition) is 2. The summed E-state index contributed by atoms with van der Waals surface area (Å²) in [7, 11) is 0.